The summed E-state index contributed by atoms with van der Waals surface area (Å²) in [5.41, 5.74) is 1.66. The first-order valence-electron chi connectivity index (χ1n) is 9.56. The zero-order valence-electron chi connectivity index (χ0n) is 17.2. The van der Waals surface area contributed by atoms with Gasteiger partial charge in [-0.3, -0.25) is 9.10 Å². The van der Waals surface area contributed by atoms with E-state index >= 15 is 0 Å². The van der Waals surface area contributed by atoms with E-state index in [4.69, 9.17) is 4.74 Å². The van der Waals surface area contributed by atoms with E-state index in [2.05, 4.69) is 5.32 Å². The topological polar surface area (TPSA) is 75.7 Å². The van der Waals surface area contributed by atoms with Crippen LogP contribution in [-0.4, -0.2) is 28.0 Å². The van der Waals surface area contributed by atoms with Crippen LogP contribution in [0.2, 0.25) is 0 Å². The summed E-state index contributed by atoms with van der Waals surface area (Å²) in [5, 5.41) is 2.67. The third kappa shape index (κ3) is 5.61. The van der Waals surface area contributed by atoms with E-state index in [-0.39, 0.29) is 29.8 Å². The molecule has 3 aromatic rings. The molecule has 0 unspecified atom stereocenters. The highest BCUT2D eigenvalue weighted by molar-refractivity contribution is 7.92. The van der Waals surface area contributed by atoms with E-state index in [1.807, 2.05) is 0 Å². The molecular weight excluding hydrogens is 419 g/mol. The molecule has 0 aliphatic rings. The predicted octanol–water partition coefficient (Wildman–Crippen LogP) is 3.65. The summed E-state index contributed by atoms with van der Waals surface area (Å²) >= 11 is 0. The van der Waals surface area contributed by atoms with Crippen molar-refractivity contribution >= 4 is 21.6 Å². The van der Waals surface area contributed by atoms with Crippen LogP contribution in [0.1, 0.15) is 11.1 Å². The van der Waals surface area contributed by atoms with Gasteiger partial charge in [0.2, 0.25) is 0 Å². The van der Waals surface area contributed by atoms with Gasteiger partial charge in [-0.1, -0.05) is 30.3 Å². The zero-order chi connectivity index (χ0) is 22.4. The number of sulfonamides is 1. The fraction of sp³-hybridized carbons (Fsp3) is 0.174. The molecule has 3 rings (SSSR count). The van der Waals surface area contributed by atoms with E-state index in [0.717, 1.165) is 0 Å². The van der Waals surface area contributed by atoms with Crippen molar-refractivity contribution in [2.75, 3.05) is 18.0 Å². The second-order valence-corrected chi connectivity index (χ2v) is 8.90. The lowest BCUT2D eigenvalue weighted by molar-refractivity contribution is -0.123. The molecule has 0 aliphatic heterocycles. The molecule has 1 amide bonds. The number of carbonyl (C=O) groups excluding carboxylic acids is 1. The lowest BCUT2D eigenvalue weighted by Gasteiger charge is -2.19. The number of nitrogens with zero attached hydrogens (tertiary/aromatic N) is 1. The third-order valence-corrected chi connectivity index (χ3v) is 6.50. The third-order valence-electron chi connectivity index (χ3n) is 4.70. The van der Waals surface area contributed by atoms with Crippen LogP contribution in [0, 0.1) is 12.7 Å². The van der Waals surface area contributed by atoms with E-state index in [9.17, 15) is 17.6 Å². The fourth-order valence-corrected chi connectivity index (χ4v) is 4.01. The number of aryl methyl sites for hydroxylation is 1. The Hall–Kier alpha value is -3.39. The van der Waals surface area contributed by atoms with Gasteiger partial charge in [-0.15, -0.1) is 0 Å². The molecule has 0 atom stereocenters. The van der Waals surface area contributed by atoms with Crippen LogP contribution in [-0.2, 0) is 21.4 Å². The van der Waals surface area contributed by atoms with Gasteiger partial charge in [0.05, 0.1) is 10.6 Å². The van der Waals surface area contributed by atoms with Crippen molar-refractivity contribution in [3.63, 3.8) is 0 Å². The zero-order valence-corrected chi connectivity index (χ0v) is 18.0. The average molecular weight is 443 g/mol. The maximum atomic E-state index is 13.6. The molecule has 162 valence electrons. The van der Waals surface area contributed by atoms with Gasteiger partial charge in [0.1, 0.15) is 11.6 Å². The molecule has 31 heavy (non-hydrogen) atoms. The SMILES string of the molecule is Cc1ccc(CNC(=O)COc2ccc(N(C)S(=O)(=O)c3ccccc3)cc2)cc1F. The van der Waals surface area contributed by atoms with Crippen LogP contribution in [0.4, 0.5) is 10.1 Å². The minimum Gasteiger partial charge on any atom is -0.484 e. The van der Waals surface area contributed by atoms with E-state index < -0.39 is 10.0 Å². The molecule has 0 aromatic heterocycles. The van der Waals surface area contributed by atoms with Gasteiger partial charge < -0.3 is 10.1 Å². The van der Waals surface area contributed by atoms with Crippen molar-refractivity contribution < 1.29 is 22.3 Å². The summed E-state index contributed by atoms with van der Waals surface area (Å²) < 4.78 is 45.5. The van der Waals surface area contributed by atoms with E-state index in [1.165, 1.54) is 29.6 Å². The quantitative estimate of drug-likeness (QED) is 0.578. The lowest BCUT2D eigenvalue weighted by atomic mass is 10.1. The summed E-state index contributed by atoms with van der Waals surface area (Å²) in [6, 6.07) is 19.3. The van der Waals surface area contributed by atoms with Crippen LogP contribution in [0.3, 0.4) is 0 Å². The predicted molar refractivity (Wildman–Crippen MR) is 117 cm³/mol. The number of amides is 1. The minimum atomic E-state index is -3.67. The molecule has 6 nitrogen and oxygen atoms in total. The lowest BCUT2D eigenvalue weighted by Crippen LogP contribution is -2.28. The Bertz CT molecular complexity index is 1150. The second-order valence-electron chi connectivity index (χ2n) is 6.93. The number of anilines is 1. The Morgan fingerprint density at radius 2 is 1.71 bits per heavy atom. The molecular formula is C23H23FN2O4S. The number of nitrogens with one attached hydrogen (secondary N) is 1. The van der Waals surface area contributed by atoms with Crippen LogP contribution >= 0.6 is 0 Å². The number of ether oxygens (including phenoxy) is 1. The van der Waals surface area contributed by atoms with Crippen molar-refractivity contribution in [3.05, 3.63) is 89.7 Å². The molecule has 3 aromatic carbocycles. The Balaban J connectivity index is 1.54. The number of halogens is 1. The van der Waals surface area contributed by atoms with E-state index in [1.54, 1.807) is 61.5 Å². The minimum absolute atomic E-state index is 0.195. The van der Waals surface area contributed by atoms with Crippen LogP contribution in [0.15, 0.2) is 77.7 Å². The molecule has 0 heterocycles. The van der Waals surface area contributed by atoms with Crippen molar-refractivity contribution in [2.24, 2.45) is 0 Å². The molecule has 8 heteroatoms. The molecule has 0 bridgehead atoms. The van der Waals surface area contributed by atoms with Crippen molar-refractivity contribution in [1.29, 1.82) is 0 Å². The molecule has 0 fully saturated rings. The summed E-state index contributed by atoms with van der Waals surface area (Å²) in [4.78, 5) is 12.2. The first kappa shape index (κ1) is 22.3. The Labute approximate surface area is 181 Å². The maximum Gasteiger partial charge on any atom is 0.264 e. The largest absolute Gasteiger partial charge is 0.484 e. The van der Waals surface area contributed by atoms with Gasteiger partial charge in [-0.25, -0.2) is 12.8 Å². The van der Waals surface area contributed by atoms with Gasteiger partial charge in [0, 0.05) is 13.6 Å². The Morgan fingerprint density at radius 1 is 1.03 bits per heavy atom. The number of hydrogen-bond donors (Lipinski definition) is 1. The monoisotopic (exact) mass is 442 g/mol. The van der Waals surface area contributed by atoms with Crippen molar-refractivity contribution in [3.8, 4) is 5.75 Å². The number of hydrogen-bond acceptors (Lipinski definition) is 4. The molecule has 0 spiro atoms. The molecule has 1 N–H and O–H groups in total. The first-order chi connectivity index (χ1) is 14.8. The Kier molecular flexibility index (Phi) is 6.91. The van der Waals surface area contributed by atoms with Gasteiger partial charge >= 0.3 is 0 Å². The molecule has 0 saturated carbocycles. The number of carbonyl (C=O) groups is 1. The first-order valence-corrected chi connectivity index (χ1v) is 11.0. The summed E-state index contributed by atoms with van der Waals surface area (Å²) in [7, 11) is -2.20. The fourth-order valence-electron chi connectivity index (χ4n) is 2.79. The van der Waals surface area contributed by atoms with Gasteiger partial charge in [0.15, 0.2) is 6.61 Å². The van der Waals surface area contributed by atoms with Crippen LogP contribution < -0.4 is 14.4 Å². The summed E-state index contributed by atoms with van der Waals surface area (Å²) in [6.45, 7) is 1.65. The highest BCUT2D eigenvalue weighted by atomic mass is 32.2. The summed E-state index contributed by atoms with van der Waals surface area (Å²) in [6.07, 6.45) is 0. The maximum absolute atomic E-state index is 13.6. The molecule has 0 radical (unpaired) electrons. The van der Waals surface area contributed by atoms with Crippen LogP contribution in [0.25, 0.3) is 0 Å². The van der Waals surface area contributed by atoms with Gasteiger partial charge in [-0.05, 0) is 60.5 Å². The Morgan fingerprint density at radius 3 is 2.35 bits per heavy atom. The van der Waals surface area contributed by atoms with E-state index in [0.29, 0.717) is 22.6 Å². The van der Waals surface area contributed by atoms with Gasteiger partial charge in [-0.2, -0.15) is 0 Å². The standard InChI is InChI=1S/C23H23FN2O4S/c1-17-8-9-18(14-22(17)24)15-25-23(27)16-30-20-12-10-19(11-13-20)26(2)31(28,29)21-6-4-3-5-7-21/h3-14H,15-16H2,1-2H3,(H,25,27). The highest BCUT2D eigenvalue weighted by Gasteiger charge is 2.20. The van der Waals surface area contributed by atoms with Crippen molar-refractivity contribution in [1.82, 2.24) is 5.32 Å². The van der Waals surface area contributed by atoms with Crippen LogP contribution in [0.5, 0.6) is 5.75 Å². The number of benzene rings is 3. The van der Waals surface area contributed by atoms with Crippen molar-refractivity contribution in [2.45, 2.75) is 18.4 Å². The number of rotatable bonds is 8. The summed E-state index contributed by atoms with van der Waals surface area (Å²) in [5.74, 6) is -0.248. The normalized spacial score (nSPS) is 11.1. The van der Waals surface area contributed by atoms with Gasteiger partial charge in [0.25, 0.3) is 15.9 Å². The molecule has 0 saturated heterocycles. The second kappa shape index (κ2) is 9.61. The molecule has 0 aliphatic carbocycles. The smallest absolute Gasteiger partial charge is 0.264 e. The average Bonchev–Trinajstić information content (AvgIpc) is 2.79. The highest BCUT2D eigenvalue weighted by Crippen LogP contribution is 2.24.